The number of ether oxygens (including phenoxy) is 1. The van der Waals surface area contributed by atoms with Crippen LogP contribution in [0, 0.1) is 5.92 Å². The highest BCUT2D eigenvalue weighted by molar-refractivity contribution is 5.88. The molecule has 124 valence electrons. The van der Waals surface area contributed by atoms with Gasteiger partial charge >= 0.3 is 5.97 Å². The third-order valence-electron chi connectivity index (χ3n) is 4.86. The van der Waals surface area contributed by atoms with Crippen LogP contribution in [0.4, 0.5) is 0 Å². The fourth-order valence-corrected chi connectivity index (χ4v) is 3.52. The van der Waals surface area contributed by atoms with E-state index in [-0.39, 0.29) is 17.8 Å². The molecule has 2 aromatic rings. The summed E-state index contributed by atoms with van der Waals surface area (Å²) in [5, 5.41) is 14.6. The summed E-state index contributed by atoms with van der Waals surface area (Å²) in [7, 11) is 1.42. The number of aromatic nitrogens is 1. The number of aromatic amines is 1. The number of esters is 1. The first-order chi connectivity index (χ1) is 11.1. The highest BCUT2D eigenvalue weighted by Crippen LogP contribution is 2.34. The van der Waals surface area contributed by atoms with Gasteiger partial charge < -0.3 is 20.1 Å². The second-order valence-electron chi connectivity index (χ2n) is 6.33. The normalized spacial score (nSPS) is 23.4. The minimum absolute atomic E-state index is 0.0106. The summed E-state index contributed by atoms with van der Waals surface area (Å²) in [5.41, 5.74) is 3.16. The van der Waals surface area contributed by atoms with Gasteiger partial charge in [-0.15, -0.1) is 0 Å². The molecule has 5 heteroatoms. The van der Waals surface area contributed by atoms with Crippen LogP contribution < -0.4 is 5.32 Å². The lowest BCUT2D eigenvalue weighted by molar-refractivity contribution is -0.143. The van der Waals surface area contributed by atoms with Gasteiger partial charge in [0.25, 0.3) is 0 Å². The Morgan fingerprint density at radius 2 is 2.17 bits per heavy atom. The van der Waals surface area contributed by atoms with Crippen LogP contribution in [0.3, 0.4) is 0 Å². The predicted molar refractivity (Wildman–Crippen MR) is 89.4 cm³/mol. The first-order valence-electron chi connectivity index (χ1n) is 8.18. The van der Waals surface area contributed by atoms with E-state index in [2.05, 4.69) is 16.4 Å². The van der Waals surface area contributed by atoms with E-state index in [4.69, 9.17) is 4.74 Å². The number of carbonyl (C=O) groups is 1. The number of hydrogen-bond acceptors (Lipinski definition) is 4. The van der Waals surface area contributed by atoms with Crippen molar-refractivity contribution in [2.24, 2.45) is 5.92 Å². The Bertz CT molecular complexity index is 693. The third-order valence-corrected chi connectivity index (χ3v) is 4.86. The standard InChI is InChI=1S/C18H24N2O3/c1-11(21)12-9-15(18(22)23-2)17-14(7-8-19-10-12)13-5-3-4-6-16(13)20-17/h3-6,11-12,15,19-21H,7-10H2,1-2H3/t11-,12-,15-/m0/s1. The van der Waals surface area contributed by atoms with Crippen LogP contribution >= 0.6 is 0 Å². The van der Waals surface area contributed by atoms with Crippen LogP contribution in [-0.4, -0.2) is 42.4 Å². The van der Waals surface area contributed by atoms with Gasteiger partial charge in [-0.05, 0) is 43.9 Å². The van der Waals surface area contributed by atoms with E-state index in [9.17, 15) is 9.90 Å². The first-order valence-corrected chi connectivity index (χ1v) is 8.18. The largest absolute Gasteiger partial charge is 0.469 e. The quantitative estimate of drug-likeness (QED) is 0.741. The fourth-order valence-electron chi connectivity index (χ4n) is 3.52. The Hall–Kier alpha value is -1.85. The highest BCUT2D eigenvalue weighted by atomic mass is 16.5. The average molecular weight is 316 g/mol. The lowest BCUT2D eigenvalue weighted by Crippen LogP contribution is -2.32. The number of methoxy groups -OCH3 is 1. The summed E-state index contributed by atoms with van der Waals surface area (Å²) in [4.78, 5) is 15.8. The van der Waals surface area contributed by atoms with Gasteiger partial charge in [-0.3, -0.25) is 4.79 Å². The molecule has 1 aromatic heterocycles. The van der Waals surface area contributed by atoms with Crippen LogP contribution in [0.5, 0.6) is 0 Å². The smallest absolute Gasteiger partial charge is 0.314 e. The minimum Gasteiger partial charge on any atom is -0.469 e. The monoisotopic (exact) mass is 316 g/mol. The number of benzene rings is 1. The van der Waals surface area contributed by atoms with E-state index in [1.165, 1.54) is 12.7 Å². The minimum atomic E-state index is -0.472. The van der Waals surface area contributed by atoms with E-state index in [0.717, 1.165) is 29.6 Å². The molecule has 1 aliphatic heterocycles. The van der Waals surface area contributed by atoms with Gasteiger partial charge in [0.1, 0.15) is 0 Å². The van der Waals surface area contributed by atoms with Gasteiger partial charge in [-0.1, -0.05) is 18.2 Å². The molecule has 0 spiro atoms. The Kier molecular flexibility index (Phi) is 4.68. The maximum Gasteiger partial charge on any atom is 0.314 e. The second-order valence-corrected chi connectivity index (χ2v) is 6.33. The van der Waals surface area contributed by atoms with E-state index < -0.39 is 6.10 Å². The number of fused-ring (bicyclic) bond motifs is 3. The van der Waals surface area contributed by atoms with Gasteiger partial charge in [-0.25, -0.2) is 0 Å². The molecule has 0 bridgehead atoms. The van der Waals surface area contributed by atoms with Crippen LogP contribution in [-0.2, 0) is 16.0 Å². The zero-order valence-corrected chi connectivity index (χ0v) is 13.6. The third kappa shape index (κ3) is 3.12. The Labute approximate surface area is 136 Å². The van der Waals surface area contributed by atoms with Crippen molar-refractivity contribution in [3.8, 4) is 0 Å². The Balaban J connectivity index is 2.10. The number of nitrogens with one attached hydrogen (secondary N) is 2. The molecule has 3 N–H and O–H groups in total. The van der Waals surface area contributed by atoms with Gasteiger partial charge in [-0.2, -0.15) is 0 Å². The summed E-state index contributed by atoms with van der Waals surface area (Å²) in [6, 6.07) is 8.12. The van der Waals surface area contributed by atoms with Crippen molar-refractivity contribution in [3.05, 3.63) is 35.5 Å². The van der Waals surface area contributed by atoms with E-state index in [1.54, 1.807) is 6.92 Å². The van der Waals surface area contributed by atoms with Crippen LogP contribution in [0.2, 0.25) is 0 Å². The number of aliphatic hydroxyl groups excluding tert-OH is 1. The van der Waals surface area contributed by atoms with Crippen LogP contribution in [0.25, 0.3) is 10.9 Å². The molecule has 3 atom stereocenters. The molecule has 0 unspecified atom stereocenters. The van der Waals surface area contributed by atoms with Crippen molar-refractivity contribution in [1.82, 2.24) is 10.3 Å². The van der Waals surface area contributed by atoms with Crippen LogP contribution in [0.15, 0.2) is 24.3 Å². The Morgan fingerprint density at radius 3 is 2.91 bits per heavy atom. The number of hydrogen-bond donors (Lipinski definition) is 3. The molecular weight excluding hydrogens is 292 g/mol. The number of aliphatic hydroxyl groups is 1. The van der Waals surface area contributed by atoms with Crippen molar-refractivity contribution in [3.63, 3.8) is 0 Å². The van der Waals surface area contributed by atoms with Gasteiger partial charge in [0, 0.05) is 23.1 Å². The summed E-state index contributed by atoms with van der Waals surface area (Å²) in [6.07, 6.45) is 0.942. The van der Waals surface area contributed by atoms with Crippen molar-refractivity contribution in [2.75, 3.05) is 20.2 Å². The lowest BCUT2D eigenvalue weighted by atomic mass is 9.87. The topological polar surface area (TPSA) is 74.3 Å². The molecule has 2 heterocycles. The summed E-state index contributed by atoms with van der Waals surface area (Å²) >= 11 is 0. The summed E-state index contributed by atoms with van der Waals surface area (Å²) < 4.78 is 5.05. The zero-order chi connectivity index (χ0) is 16.4. The first kappa shape index (κ1) is 16.0. The van der Waals surface area contributed by atoms with Gasteiger partial charge in [0.15, 0.2) is 0 Å². The molecule has 1 aromatic carbocycles. The van der Waals surface area contributed by atoms with Crippen molar-refractivity contribution in [2.45, 2.75) is 31.8 Å². The van der Waals surface area contributed by atoms with Crippen LogP contribution in [0.1, 0.15) is 30.5 Å². The van der Waals surface area contributed by atoms with Gasteiger partial charge in [0.05, 0.1) is 19.1 Å². The lowest BCUT2D eigenvalue weighted by Gasteiger charge is -2.23. The van der Waals surface area contributed by atoms with E-state index in [0.29, 0.717) is 13.0 Å². The number of para-hydroxylation sites is 1. The molecule has 1 aliphatic rings. The van der Waals surface area contributed by atoms with Gasteiger partial charge in [0.2, 0.25) is 0 Å². The highest BCUT2D eigenvalue weighted by Gasteiger charge is 2.32. The Morgan fingerprint density at radius 1 is 1.39 bits per heavy atom. The van der Waals surface area contributed by atoms with Crippen molar-refractivity contribution < 1.29 is 14.6 Å². The molecule has 0 saturated heterocycles. The average Bonchev–Trinajstić information content (AvgIpc) is 2.94. The number of rotatable bonds is 2. The number of carbonyl (C=O) groups excluding carboxylic acids is 1. The fraction of sp³-hybridized carbons (Fsp3) is 0.500. The zero-order valence-electron chi connectivity index (χ0n) is 13.6. The maximum absolute atomic E-state index is 12.4. The molecule has 0 radical (unpaired) electrons. The molecule has 0 fully saturated rings. The maximum atomic E-state index is 12.4. The molecule has 23 heavy (non-hydrogen) atoms. The van der Waals surface area contributed by atoms with E-state index in [1.807, 2.05) is 18.2 Å². The molecule has 0 saturated carbocycles. The van der Waals surface area contributed by atoms with Crippen molar-refractivity contribution in [1.29, 1.82) is 0 Å². The second kappa shape index (κ2) is 6.72. The summed E-state index contributed by atoms with van der Waals surface area (Å²) in [5.74, 6) is -0.608. The molecule has 0 aliphatic carbocycles. The molecular formula is C18H24N2O3. The van der Waals surface area contributed by atoms with E-state index >= 15 is 0 Å². The molecule has 3 rings (SSSR count). The summed E-state index contributed by atoms with van der Waals surface area (Å²) in [6.45, 7) is 3.31. The molecule has 5 nitrogen and oxygen atoms in total. The SMILES string of the molecule is COC(=O)[C@H]1C[C@H]([C@H](C)O)CNCCc2c1[nH]c1ccccc21. The molecule has 0 amide bonds. The van der Waals surface area contributed by atoms with Crippen molar-refractivity contribution >= 4 is 16.9 Å². The predicted octanol–water partition coefficient (Wildman–Crippen LogP) is 1.96. The number of H-pyrrole nitrogens is 1.